The first kappa shape index (κ1) is 11.7. The molecular formula is C12H16O3. The highest BCUT2D eigenvalue weighted by Gasteiger charge is 2.29. The molecule has 0 amide bonds. The minimum Gasteiger partial charge on any atom is -0.469 e. The summed E-state index contributed by atoms with van der Waals surface area (Å²) in [5, 5.41) is 0. The van der Waals surface area contributed by atoms with Crippen molar-refractivity contribution in [2.75, 3.05) is 14.2 Å². The first-order valence-electron chi connectivity index (χ1n) is 4.80. The van der Waals surface area contributed by atoms with E-state index in [2.05, 4.69) is 4.74 Å². The van der Waals surface area contributed by atoms with Crippen molar-refractivity contribution in [2.45, 2.75) is 18.9 Å². The van der Waals surface area contributed by atoms with Crippen LogP contribution in [0.25, 0.3) is 0 Å². The lowest BCUT2D eigenvalue weighted by Crippen LogP contribution is -2.28. The SMILES string of the molecule is COC(=O)C[C@](C)(OC)c1ccccc1. The fraction of sp³-hybridized carbons (Fsp3) is 0.417. The molecule has 1 rings (SSSR count). The average molecular weight is 208 g/mol. The van der Waals surface area contributed by atoms with Crippen molar-refractivity contribution in [3.05, 3.63) is 35.9 Å². The van der Waals surface area contributed by atoms with E-state index in [-0.39, 0.29) is 12.4 Å². The highest BCUT2D eigenvalue weighted by atomic mass is 16.5. The molecule has 1 aromatic rings. The van der Waals surface area contributed by atoms with Crippen LogP contribution in [-0.4, -0.2) is 20.2 Å². The number of esters is 1. The highest BCUT2D eigenvalue weighted by Crippen LogP contribution is 2.28. The van der Waals surface area contributed by atoms with Gasteiger partial charge in [0.1, 0.15) is 5.60 Å². The Bertz CT molecular complexity index is 321. The Kier molecular flexibility index (Phi) is 3.86. The topological polar surface area (TPSA) is 35.5 Å². The van der Waals surface area contributed by atoms with Gasteiger partial charge in [0.25, 0.3) is 0 Å². The van der Waals surface area contributed by atoms with Crippen molar-refractivity contribution >= 4 is 5.97 Å². The van der Waals surface area contributed by atoms with E-state index in [1.165, 1.54) is 7.11 Å². The number of hydrogen-bond acceptors (Lipinski definition) is 3. The number of carbonyl (C=O) groups excluding carboxylic acids is 1. The van der Waals surface area contributed by atoms with Gasteiger partial charge in [-0.2, -0.15) is 0 Å². The Morgan fingerprint density at radius 2 is 1.87 bits per heavy atom. The van der Waals surface area contributed by atoms with E-state index in [0.29, 0.717) is 0 Å². The molecule has 3 nitrogen and oxygen atoms in total. The number of ether oxygens (including phenoxy) is 2. The van der Waals surface area contributed by atoms with Gasteiger partial charge in [-0.05, 0) is 12.5 Å². The summed E-state index contributed by atoms with van der Waals surface area (Å²) in [4.78, 5) is 11.3. The van der Waals surface area contributed by atoms with E-state index >= 15 is 0 Å². The Morgan fingerprint density at radius 3 is 2.33 bits per heavy atom. The van der Waals surface area contributed by atoms with E-state index in [1.54, 1.807) is 7.11 Å². The first-order chi connectivity index (χ1) is 7.12. The van der Waals surface area contributed by atoms with Gasteiger partial charge in [0.15, 0.2) is 0 Å². The molecule has 0 bridgehead atoms. The fourth-order valence-electron chi connectivity index (χ4n) is 1.43. The second-order valence-electron chi connectivity index (χ2n) is 3.55. The fourth-order valence-corrected chi connectivity index (χ4v) is 1.43. The lowest BCUT2D eigenvalue weighted by molar-refractivity contribution is -0.147. The van der Waals surface area contributed by atoms with Crippen molar-refractivity contribution < 1.29 is 14.3 Å². The molecule has 0 aliphatic carbocycles. The third kappa shape index (κ3) is 2.80. The third-order valence-electron chi connectivity index (χ3n) is 2.54. The summed E-state index contributed by atoms with van der Waals surface area (Å²) in [5.74, 6) is -0.275. The van der Waals surface area contributed by atoms with Crippen LogP contribution in [-0.2, 0) is 19.9 Å². The normalized spacial score (nSPS) is 14.3. The zero-order chi connectivity index (χ0) is 11.3. The van der Waals surface area contributed by atoms with Crippen LogP contribution in [0.4, 0.5) is 0 Å². The molecule has 0 saturated carbocycles. The maximum atomic E-state index is 11.3. The summed E-state index contributed by atoms with van der Waals surface area (Å²) < 4.78 is 10.0. The van der Waals surface area contributed by atoms with E-state index in [9.17, 15) is 4.79 Å². The van der Waals surface area contributed by atoms with Crippen LogP contribution >= 0.6 is 0 Å². The molecule has 3 heteroatoms. The molecule has 82 valence electrons. The molecule has 0 fully saturated rings. The van der Waals surface area contributed by atoms with Crippen LogP contribution in [0, 0.1) is 0 Å². The summed E-state index contributed by atoms with van der Waals surface area (Å²) in [7, 11) is 2.97. The maximum Gasteiger partial charge on any atom is 0.308 e. The minimum atomic E-state index is -0.617. The molecule has 0 aliphatic rings. The molecule has 0 spiro atoms. The number of hydrogen-bond donors (Lipinski definition) is 0. The van der Waals surface area contributed by atoms with Crippen molar-refractivity contribution in [1.82, 2.24) is 0 Å². The quantitative estimate of drug-likeness (QED) is 0.711. The number of methoxy groups -OCH3 is 2. The maximum absolute atomic E-state index is 11.3. The predicted octanol–water partition coefficient (Wildman–Crippen LogP) is 2.11. The number of rotatable bonds is 4. The summed E-state index contributed by atoms with van der Waals surface area (Å²) >= 11 is 0. The Balaban J connectivity index is 2.90. The van der Waals surface area contributed by atoms with Gasteiger partial charge < -0.3 is 9.47 Å². The van der Waals surface area contributed by atoms with Crippen LogP contribution in [0.15, 0.2) is 30.3 Å². The lowest BCUT2D eigenvalue weighted by atomic mass is 9.92. The van der Waals surface area contributed by atoms with Gasteiger partial charge >= 0.3 is 5.97 Å². The molecule has 1 aromatic carbocycles. The Morgan fingerprint density at radius 1 is 1.27 bits per heavy atom. The molecule has 15 heavy (non-hydrogen) atoms. The van der Waals surface area contributed by atoms with E-state index in [1.807, 2.05) is 37.3 Å². The minimum absolute atomic E-state index is 0.212. The molecule has 0 aromatic heterocycles. The monoisotopic (exact) mass is 208 g/mol. The van der Waals surface area contributed by atoms with Crippen LogP contribution in [0.3, 0.4) is 0 Å². The van der Waals surface area contributed by atoms with E-state index in [0.717, 1.165) is 5.56 Å². The first-order valence-corrected chi connectivity index (χ1v) is 4.80. The second-order valence-corrected chi connectivity index (χ2v) is 3.55. The van der Waals surface area contributed by atoms with Crippen molar-refractivity contribution in [3.63, 3.8) is 0 Å². The molecule has 0 radical (unpaired) electrons. The highest BCUT2D eigenvalue weighted by molar-refractivity contribution is 5.70. The van der Waals surface area contributed by atoms with Crippen LogP contribution < -0.4 is 0 Å². The smallest absolute Gasteiger partial charge is 0.308 e. The predicted molar refractivity (Wildman–Crippen MR) is 57.4 cm³/mol. The van der Waals surface area contributed by atoms with Crippen LogP contribution in [0.2, 0.25) is 0 Å². The van der Waals surface area contributed by atoms with Crippen molar-refractivity contribution in [1.29, 1.82) is 0 Å². The molecule has 0 N–H and O–H groups in total. The summed E-state index contributed by atoms with van der Waals surface area (Å²) in [6.07, 6.45) is 0.212. The van der Waals surface area contributed by atoms with Crippen LogP contribution in [0.1, 0.15) is 18.9 Å². The van der Waals surface area contributed by atoms with Crippen molar-refractivity contribution in [2.24, 2.45) is 0 Å². The molecule has 0 heterocycles. The van der Waals surface area contributed by atoms with Gasteiger partial charge in [-0.1, -0.05) is 30.3 Å². The van der Waals surface area contributed by atoms with Crippen molar-refractivity contribution in [3.8, 4) is 0 Å². The van der Waals surface area contributed by atoms with Gasteiger partial charge in [0.05, 0.1) is 13.5 Å². The van der Waals surface area contributed by atoms with Gasteiger partial charge in [-0.15, -0.1) is 0 Å². The average Bonchev–Trinajstić information content (AvgIpc) is 2.30. The number of benzene rings is 1. The van der Waals surface area contributed by atoms with Crippen LogP contribution in [0.5, 0.6) is 0 Å². The Hall–Kier alpha value is -1.35. The zero-order valence-corrected chi connectivity index (χ0v) is 9.32. The largest absolute Gasteiger partial charge is 0.469 e. The summed E-state index contributed by atoms with van der Waals surface area (Å²) in [5.41, 5.74) is 0.354. The van der Waals surface area contributed by atoms with E-state index in [4.69, 9.17) is 4.74 Å². The second kappa shape index (κ2) is 4.94. The molecule has 0 unspecified atom stereocenters. The Labute approximate surface area is 90.0 Å². The van der Waals surface area contributed by atoms with Gasteiger partial charge in [0.2, 0.25) is 0 Å². The van der Waals surface area contributed by atoms with Gasteiger partial charge in [-0.25, -0.2) is 0 Å². The zero-order valence-electron chi connectivity index (χ0n) is 9.32. The number of carbonyl (C=O) groups is 1. The third-order valence-corrected chi connectivity index (χ3v) is 2.54. The molecule has 0 saturated heterocycles. The summed E-state index contributed by atoms with van der Waals surface area (Å²) in [6.45, 7) is 1.87. The standard InChI is InChI=1S/C12H16O3/c1-12(15-3,9-11(13)14-2)10-7-5-4-6-8-10/h4-8H,9H2,1-3H3/t12-/m0/s1. The van der Waals surface area contributed by atoms with Gasteiger partial charge in [0, 0.05) is 7.11 Å². The van der Waals surface area contributed by atoms with E-state index < -0.39 is 5.60 Å². The lowest BCUT2D eigenvalue weighted by Gasteiger charge is -2.27. The summed E-state index contributed by atoms with van der Waals surface area (Å²) in [6, 6.07) is 9.64. The molecular weight excluding hydrogens is 192 g/mol. The molecule has 0 aliphatic heterocycles. The molecule has 1 atom stereocenters. The van der Waals surface area contributed by atoms with Gasteiger partial charge in [-0.3, -0.25) is 4.79 Å².